The summed E-state index contributed by atoms with van der Waals surface area (Å²) in [4.78, 5) is 16.5. The van der Waals surface area contributed by atoms with Gasteiger partial charge in [-0.3, -0.25) is 4.99 Å². The van der Waals surface area contributed by atoms with E-state index in [1.807, 2.05) is 84.9 Å². The minimum Gasteiger partial charge on any atom is -0.489 e. The van der Waals surface area contributed by atoms with Gasteiger partial charge in [-0.2, -0.15) is 0 Å². The van der Waals surface area contributed by atoms with E-state index in [1.165, 1.54) is 7.11 Å². The number of ether oxygens (including phenoxy) is 2. The zero-order valence-electron chi connectivity index (χ0n) is 15.8. The van der Waals surface area contributed by atoms with Gasteiger partial charge in [-0.05, 0) is 28.8 Å². The van der Waals surface area contributed by atoms with Crippen LogP contribution >= 0.6 is 0 Å². The van der Waals surface area contributed by atoms with Crippen molar-refractivity contribution in [2.75, 3.05) is 7.11 Å². The number of aliphatic imine (C=N–C) groups is 1. The Morgan fingerprint density at radius 2 is 1.54 bits per heavy atom. The highest BCUT2D eigenvalue weighted by Crippen LogP contribution is 2.16. The predicted molar refractivity (Wildman–Crippen MR) is 111 cm³/mol. The lowest BCUT2D eigenvalue weighted by Crippen LogP contribution is -2.23. The molecule has 0 aliphatic rings. The largest absolute Gasteiger partial charge is 0.489 e. The van der Waals surface area contributed by atoms with Crippen molar-refractivity contribution < 1.29 is 14.3 Å². The van der Waals surface area contributed by atoms with Crippen LogP contribution in [0.15, 0.2) is 89.9 Å². The molecule has 142 valence electrons. The second-order valence-electron chi connectivity index (χ2n) is 6.35. The van der Waals surface area contributed by atoms with E-state index in [4.69, 9.17) is 9.47 Å². The number of hydrogen-bond donors (Lipinski definition) is 0. The fraction of sp³-hybridized carbons (Fsp3) is 0.167. The molecular formula is C24H23NO3. The van der Waals surface area contributed by atoms with Gasteiger partial charge >= 0.3 is 5.97 Å². The third kappa shape index (κ3) is 5.81. The lowest BCUT2D eigenvalue weighted by molar-refractivity contribution is -0.142. The molecule has 0 aromatic heterocycles. The molecule has 0 N–H and O–H groups in total. The summed E-state index contributed by atoms with van der Waals surface area (Å²) in [6.07, 6.45) is 2.17. The van der Waals surface area contributed by atoms with Gasteiger partial charge < -0.3 is 9.47 Å². The van der Waals surface area contributed by atoms with Crippen molar-refractivity contribution in [3.05, 3.63) is 102 Å². The van der Waals surface area contributed by atoms with E-state index >= 15 is 0 Å². The van der Waals surface area contributed by atoms with Crippen LogP contribution in [0, 0.1) is 0 Å². The maximum Gasteiger partial charge on any atom is 0.330 e. The van der Waals surface area contributed by atoms with Crippen LogP contribution in [0.5, 0.6) is 5.75 Å². The van der Waals surface area contributed by atoms with Crippen LogP contribution in [0.4, 0.5) is 0 Å². The molecule has 0 saturated carbocycles. The Morgan fingerprint density at radius 1 is 0.893 bits per heavy atom. The third-order valence-electron chi connectivity index (χ3n) is 4.28. The highest BCUT2D eigenvalue weighted by atomic mass is 16.5. The van der Waals surface area contributed by atoms with E-state index in [0.717, 1.165) is 22.4 Å². The summed E-state index contributed by atoms with van der Waals surface area (Å²) in [5.41, 5.74) is 3.06. The molecule has 3 aromatic carbocycles. The minimum atomic E-state index is -0.582. The van der Waals surface area contributed by atoms with E-state index in [2.05, 4.69) is 4.99 Å². The molecule has 0 spiro atoms. The van der Waals surface area contributed by atoms with Crippen molar-refractivity contribution in [3.8, 4) is 5.75 Å². The number of esters is 1. The highest BCUT2D eigenvalue weighted by molar-refractivity contribution is 5.84. The third-order valence-corrected chi connectivity index (χ3v) is 4.28. The second kappa shape index (κ2) is 10.1. The molecule has 0 radical (unpaired) electrons. The molecule has 0 heterocycles. The fourth-order valence-corrected chi connectivity index (χ4v) is 2.73. The molecule has 0 saturated heterocycles. The molecule has 0 unspecified atom stereocenters. The molecule has 0 aliphatic heterocycles. The first-order valence-electron chi connectivity index (χ1n) is 9.16. The Hall–Kier alpha value is -3.40. The normalized spacial score (nSPS) is 11.9. The summed E-state index contributed by atoms with van der Waals surface area (Å²) >= 11 is 0. The van der Waals surface area contributed by atoms with Gasteiger partial charge in [0.2, 0.25) is 0 Å². The van der Waals surface area contributed by atoms with Crippen LogP contribution < -0.4 is 4.74 Å². The molecule has 28 heavy (non-hydrogen) atoms. The zero-order chi connectivity index (χ0) is 19.6. The van der Waals surface area contributed by atoms with Crippen molar-refractivity contribution in [2.24, 2.45) is 4.99 Å². The van der Waals surface area contributed by atoms with Gasteiger partial charge in [0.05, 0.1) is 7.11 Å². The molecule has 3 aromatic rings. The first-order chi connectivity index (χ1) is 13.7. The first-order valence-corrected chi connectivity index (χ1v) is 9.16. The smallest absolute Gasteiger partial charge is 0.330 e. The Labute approximate surface area is 165 Å². The van der Waals surface area contributed by atoms with Gasteiger partial charge in [0.25, 0.3) is 0 Å². The fourth-order valence-electron chi connectivity index (χ4n) is 2.73. The van der Waals surface area contributed by atoms with Crippen molar-refractivity contribution in [2.45, 2.75) is 19.1 Å². The summed E-state index contributed by atoms with van der Waals surface area (Å²) in [5.74, 6) is 0.437. The van der Waals surface area contributed by atoms with Gasteiger partial charge in [-0.25, -0.2) is 4.79 Å². The maximum absolute atomic E-state index is 12.1. The number of nitrogens with zero attached hydrogens (tertiary/aromatic N) is 1. The van der Waals surface area contributed by atoms with E-state index < -0.39 is 6.04 Å². The molecule has 0 bridgehead atoms. The van der Waals surface area contributed by atoms with Crippen LogP contribution in [-0.4, -0.2) is 25.3 Å². The lowest BCUT2D eigenvalue weighted by atomic mass is 10.1. The molecule has 4 heteroatoms. The van der Waals surface area contributed by atoms with E-state index in [9.17, 15) is 4.79 Å². The summed E-state index contributed by atoms with van der Waals surface area (Å²) in [6.45, 7) is 0.520. The number of carbonyl (C=O) groups is 1. The molecular weight excluding hydrogens is 350 g/mol. The van der Waals surface area contributed by atoms with Crippen molar-refractivity contribution in [3.63, 3.8) is 0 Å². The summed E-state index contributed by atoms with van der Waals surface area (Å²) in [5, 5.41) is 0. The number of rotatable bonds is 8. The monoisotopic (exact) mass is 373 g/mol. The van der Waals surface area contributed by atoms with Gasteiger partial charge in [-0.1, -0.05) is 72.8 Å². The maximum atomic E-state index is 12.1. The quantitative estimate of drug-likeness (QED) is 0.432. The van der Waals surface area contributed by atoms with Crippen LogP contribution in [0.3, 0.4) is 0 Å². The van der Waals surface area contributed by atoms with Gasteiger partial charge in [0.15, 0.2) is 6.04 Å². The van der Waals surface area contributed by atoms with Crippen molar-refractivity contribution in [1.29, 1.82) is 0 Å². The molecule has 0 amide bonds. The number of hydrogen-bond acceptors (Lipinski definition) is 4. The number of methoxy groups -OCH3 is 1. The van der Waals surface area contributed by atoms with Crippen molar-refractivity contribution in [1.82, 2.24) is 0 Å². The standard InChI is InChI=1S/C24H23NO3/c1-27-24(26)23(25-17-20-8-4-2-5-9-20)16-19-12-14-22(15-13-19)28-18-21-10-6-3-7-11-21/h2-15,17,23H,16,18H2,1H3/t23-/m1/s1. The minimum absolute atomic E-state index is 0.350. The lowest BCUT2D eigenvalue weighted by Gasteiger charge is -2.11. The Kier molecular flexibility index (Phi) is 6.96. The summed E-state index contributed by atoms with van der Waals surface area (Å²) in [6, 6.07) is 26.9. The zero-order valence-corrected chi connectivity index (χ0v) is 15.8. The van der Waals surface area contributed by atoms with Crippen LogP contribution in [0.25, 0.3) is 0 Å². The van der Waals surface area contributed by atoms with Gasteiger partial charge in [0.1, 0.15) is 12.4 Å². The van der Waals surface area contributed by atoms with E-state index in [-0.39, 0.29) is 5.97 Å². The topological polar surface area (TPSA) is 47.9 Å². The van der Waals surface area contributed by atoms with Crippen molar-refractivity contribution >= 4 is 12.2 Å². The SMILES string of the molecule is COC(=O)[C@@H](Cc1ccc(OCc2ccccc2)cc1)N=Cc1ccccc1. The Bertz CT molecular complexity index is 890. The number of carbonyl (C=O) groups excluding carboxylic acids is 1. The first kappa shape index (κ1) is 19.4. The predicted octanol–water partition coefficient (Wildman–Crippen LogP) is 4.47. The average Bonchev–Trinajstić information content (AvgIpc) is 2.77. The van der Waals surface area contributed by atoms with Crippen LogP contribution in [0.1, 0.15) is 16.7 Å². The molecule has 0 fully saturated rings. The van der Waals surface area contributed by atoms with Gasteiger partial charge in [-0.15, -0.1) is 0 Å². The Morgan fingerprint density at radius 3 is 2.18 bits per heavy atom. The molecule has 3 rings (SSSR count). The molecule has 4 nitrogen and oxygen atoms in total. The Balaban J connectivity index is 1.62. The summed E-state index contributed by atoms with van der Waals surface area (Å²) in [7, 11) is 1.38. The van der Waals surface area contributed by atoms with Crippen LogP contribution in [0.2, 0.25) is 0 Å². The second-order valence-corrected chi connectivity index (χ2v) is 6.35. The molecule has 0 aliphatic carbocycles. The van der Waals surface area contributed by atoms with Crippen LogP contribution in [-0.2, 0) is 22.6 Å². The van der Waals surface area contributed by atoms with E-state index in [1.54, 1.807) is 6.21 Å². The van der Waals surface area contributed by atoms with Gasteiger partial charge in [0, 0.05) is 12.6 Å². The van der Waals surface area contributed by atoms with E-state index in [0.29, 0.717) is 13.0 Å². The average molecular weight is 373 g/mol. The summed E-state index contributed by atoms with van der Waals surface area (Å²) < 4.78 is 10.7. The number of benzene rings is 3. The molecule has 1 atom stereocenters. The highest BCUT2D eigenvalue weighted by Gasteiger charge is 2.18.